The number of aryl methyl sites for hydroxylation is 1. The molecule has 1 saturated carbocycles. The summed E-state index contributed by atoms with van der Waals surface area (Å²) in [4.78, 5) is 27.8. The van der Waals surface area contributed by atoms with Gasteiger partial charge in [0.15, 0.2) is 6.61 Å². The van der Waals surface area contributed by atoms with Gasteiger partial charge in [-0.15, -0.1) is 0 Å². The van der Waals surface area contributed by atoms with Crippen molar-refractivity contribution in [2.75, 3.05) is 6.61 Å². The Balaban J connectivity index is 1.42. The Hall–Kier alpha value is -2.82. The summed E-state index contributed by atoms with van der Waals surface area (Å²) in [7, 11) is 0. The van der Waals surface area contributed by atoms with Crippen LogP contribution in [0.15, 0.2) is 47.1 Å². The van der Waals surface area contributed by atoms with Crippen molar-refractivity contribution in [1.82, 2.24) is 4.98 Å². The number of fused-ring (bicyclic) bond motifs is 1. The van der Waals surface area contributed by atoms with Gasteiger partial charge in [0.25, 0.3) is 0 Å². The number of H-pyrrole nitrogens is 1. The largest absolute Gasteiger partial charge is 0.469 e. The van der Waals surface area contributed by atoms with Crippen molar-refractivity contribution < 1.29 is 18.7 Å². The number of hydrogen-bond acceptors (Lipinski definition) is 4. The molecule has 0 radical (unpaired) electrons. The average Bonchev–Trinajstić information content (AvgIpc) is 3.04. The van der Waals surface area contributed by atoms with E-state index < -0.39 is 0 Å². The third kappa shape index (κ3) is 2.52. The van der Waals surface area contributed by atoms with Gasteiger partial charge < -0.3 is 14.1 Å². The van der Waals surface area contributed by atoms with Crippen molar-refractivity contribution in [2.45, 2.75) is 19.3 Å². The number of aromatic amines is 1. The molecule has 5 heteroatoms. The first kappa shape index (κ1) is 14.8. The number of carbonyl (C=O) groups excluding carboxylic acids is 2. The maximum absolute atomic E-state index is 12.5. The molecular weight excluding hydrogens is 306 g/mol. The number of benzene rings is 1. The third-order valence-corrected chi connectivity index (χ3v) is 4.52. The molecule has 122 valence electrons. The summed E-state index contributed by atoms with van der Waals surface area (Å²) in [5, 5.41) is 0.857. The van der Waals surface area contributed by atoms with E-state index >= 15 is 0 Å². The van der Waals surface area contributed by atoms with Crippen LogP contribution in [0.2, 0.25) is 0 Å². The number of esters is 1. The lowest BCUT2D eigenvalue weighted by Gasteiger charge is -2.04. The Morgan fingerprint density at radius 1 is 1.25 bits per heavy atom. The molecule has 0 unspecified atom stereocenters. The van der Waals surface area contributed by atoms with Crippen LogP contribution in [0.1, 0.15) is 34.2 Å². The fourth-order valence-corrected chi connectivity index (χ4v) is 3.22. The lowest BCUT2D eigenvalue weighted by Crippen LogP contribution is -2.16. The first-order valence-corrected chi connectivity index (χ1v) is 7.95. The van der Waals surface area contributed by atoms with Crippen LogP contribution < -0.4 is 0 Å². The van der Waals surface area contributed by atoms with Gasteiger partial charge in [-0.3, -0.25) is 9.59 Å². The third-order valence-electron chi connectivity index (χ3n) is 4.52. The lowest BCUT2D eigenvalue weighted by atomic mass is 10.1. The Morgan fingerprint density at radius 2 is 2.08 bits per heavy atom. The summed E-state index contributed by atoms with van der Waals surface area (Å²) in [6.07, 6.45) is 2.31. The lowest BCUT2D eigenvalue weighted by molar-refractivity contribution is -0.144. The van der Waals surface area contributed by atoms with E-state index in [9.17, 15) is 9.59 Å². The van der Waals surface area contributed by atoms with Gasteiger partial charge in [0.2, 0.25) is 5.78 Å². The standard InChI is InChI=1S/C19H17NO4/c1-11-18(12-5-2-3-6-15(12)20-11)16(21)10-24-19(22)14-9-13(14)17-7-4-8-23-17/h2-8,13-14,20H,9-10H2,1H3/t13-,14+/m1/s1. The highest BCUT2D eigenvalue weighted by molar-refractivity contribution is 6.10. The van der Waals surface area contributed by atoms with Crippen molar-refractivity contribution in [3.63, 3.8) is 0 Å². The molecule has 1 N–H and O–H groups in total. The van der Waals surface area contributed by atoms with Crippen LogP contribution in [0, 0.1) is 12.8 Å². The number of rotatable bonds is 5. The predicted molar refractivity (Wildman–Crippen MR) is 87.9 cm³/mol. The summed E-state index contributed by atoms with van der Waals surface area (Å²) >= 11 is 0. The van der Waals surface area contributed by atoms with Gasteiger partial charge in [-0.2, -0.15) is 0 Å². The van der Waals surface area contributed by atoms with E-state index in [0.29, 0.717) is 12.0 Å². The Morgan fingerprint density at radius 3 is 2.88 bits per heavy atom. The molecule has 0 bridgehead atoms. The van der Waals surface area contributed by atoms with E-state index in [2.05, 4.69) is 4.98 Å². The van der Waals surface area contributed by atoms with E-state index in [1.165, 1.54) is 0 Å². The topological polar surface area (TPSA) is 72.3 Å². The number of hydrogen-bond donors (Lipinski definition) is 1. The van der Waals surface area contributed by atoms with Crippen molar-refractivity contribution in [1.29, 1.82) is 0 Å². The van der Waals surface area contributed by atoms with Gasteiger partial charge >= 0.3 is 5.97 Å². The highest BCUT2D eigenvalue weighted by atomic mass is 16.5. The summed E-state index contributed by atoms with van der Waals surface area (Å²) in [6, 6.07) is 11.3. The summed E-state index contributed by atoms with van der Waals surface area (Å²) in [6.45, 7) is 1.62. The molecule has 0 aliphatic heterocycles. The van der Waals surface area contributed by atoms with E-state index in [-0.39, 0.29) is 30.2 Å². The summed E-state index contributed by atoms with van der Waals surface area (Å²) < 4.78 is 10.5. The average molecular weight is 323 g/mol. The van der Waals surface area contributed by atoms with Crippen LogP contribution in [0.4, 0.5) is 0 Å². The molecule has 1 fully saturated rings. The van der Waals surface area contributed by atoms with Crippen LogP contribution in [0.25, 0.3) is 10.9 Å². The number of furan rings is 1. The molecule has 1 aliphatic carbocycles. The first-order valence-electron chi connectivity index (χ1n) is 7.95. The molecule has 5 nitrogen and oxygen atoms in total. The van der Waals surface area contributed by atoms with Gasteiger partial charge in [0.1, 0.15) is 5.76 Å². The fraction of sp³-hybridized carbons (Fsp3) is 0.263. The van der Waals surface area contributed by atoms with E-state index in [1.807, 2.05) is 37.3 Å². The second kappa shape index (κ2) is 5.67. The molecule has 0 spiro atoms. The molecular formula is C19H17NO4. The second-order valence-corrected chi connectivity index (χ2v) is 6.17. The predicted octanol–water partition coefficient (Wildman–Crippen LogP) is 3.60. The van der Waals surface area contributed by atoms with Crippen molar-refractivity contribution >= 4 is 22.7 Å². The van der Waals surface area contributed by atoms with Crippen LogP contribution >= 0.6 is 0 Å². The fourth-order valence-electron chi connectivity index (χ4n) is 3.22. The number of carbonyl (C=O) groups is 2. The quantitative estimate of drug-likeness (QED) is 0.575. The molecule has 2 heterocycles. The number of ether oxygens (including phenoxy) is 1. The van der Waals surface area contributed by atoms with E-state index in [1.54, 1.807) is 12.3 Å². The first-order chi connectivity index (χ1) is 11.6. The van der Waals surface area contributed by atoms with Gasteiger partial charge in [0.05, 0.1) is 12.2 Å². The number of para-hydroxylation sites is 1. The zero-order valence-corrected chi connectivity index (χ0v) is 13.2. The molecule has 4 rings (SSSR count). The zero-order chi connectivity index (χ0) is 16.7. The van der Waals surface area contributed by atoms with Crippen LogP contribution in [0.5, 0.6) is 0 Å². The van der Waals surface area contributed by atoms with Gasteiger partial charge in [-0.05, 0) is 31.5 Å². The number of aromatic nitrogens is 1. The molecule has 2 atom stereocenters. The maximum atomic E-state index is 12.5. The van der Waals surface area contributed by atoms with Crippen molar-refractivity contribution in [3.05, 3.63) is 59.7 Å². The highest BCUT2D eigenvalue weighted by Gasteiger charge is 2.47. The molecule has 0 saturated heterocycles. The monoisotopic (exact) mass is 323 g/mol. The van der Waals surface area contributed by atoms with Crippen LogP contribution in [0.3, 0.4) is 0 Å². The summed E-state index contributed by atoms with van der Waals surface area (Å²) in [5.41, 5.74) is 2.29. The number of Topliss-reactive ketones (excluding diaryl/α,β-unsaturated/α-hetero) is 1. The zero-order valence-electron chi connectivity index (χ0n) is 13.2. The number of nitrogens with one attached hydrogen (secondary N) is 1. The minimum atomic E-state index is -0.331. The molecule has 1 aliphatic rings. The Labute approximate surface area is 138 Å². The summed E-state index contributed by atoms with van der Waals surface area (Å²) in [5.74, 6) is 0.164. The van der Waals surface area contributed by atoms with Crippen LogP contribution in [-0.4, -0.2) is 23.3 Å². The Kier molecular flexibility index (Phi) is 3.49. The molecule has 1 aromatic carbocycles. The van der Waals surface area contributed by atoms with E-state index in [4.69, 9.17) is 9.15 Å². The Bertz CT molecular complexity index is 907. The van der Waals surface area contributed by atoms with Gasteiger partial charge in [-0.25, -0.2) is 0 Å². The highest BCUT2D eigenvalue weighted by Crippen LogP contribution is 2.48. The van der Waals surface area contributed by atoms with Gasteiger partial charge in [-0.1, -0.05) is 18.2 Å². The van der Waals surface area contributed by atoms with E-state index in [0.717, 1.165) is 22.4 Å². The van der Waals surface area contributed by atoms with Crippen molar-refractivity contribution in [3.8, 4) is 0 Å². The minimum absolute atomic E-state index is 0.0810. The molecule has 0 amide bonds. The molecule has 2 aromatic heterocycles. The smallest absolute Gasteiger partial charge is 0.310 e. The van der Waals surface area contributed by atoms with Gasteiger partial charge in [0, 0.05) is 28.1 Å². The minimum Gasteiger partial charge on any atom is -0.469 e. The molecule has 24 heavy (non-hydrogen) atoms. The number of ketones is 1. The second-order valence-electron chi connectivity index (χ2n) is 6.17. The molecule has 3 aromatic rings. The maximum Gasteiger partial charge on any atom is 0.310 e. The normalized spacial score (nSPS) is 19.4. The SMILES string of the molecule is Cc1[nH]c2ccccc2c1C(=O)COC(=O)[C@H]1C[C@H]1c1ccco1. The van der Waals surface area contributed by atoms with Crippen molar-refractivity contribution in [2.24, 2.45) is 5.92 Å². The van der Waals surface area contributed by atoms with Crippen LogP contribution in [-0.2, 0) is 9.53 Å².